The van der Waals surface area contributed by atoms with Gasteiger partial charge in [-0.15, -0.1) is 12.4 Å². The van der Waals surface area contributed by atoms with Gasteiger partial charge in [-0.05, 0) is 43.5 Å². The molecule has 1 heterocycles. The van der Waals surface area contributed by atoms with Crippen LogP contribution in [0.5, 0.6) is 0 Å². The van der Waals surface area contributed by atoms with Gasteiger partial charge in [0, 0.05) is 19.6 Å². The molecule has 1 atom stereocenters. The molecule has 20 heavy (non-hydrogen) atoms. The summed E-state index contributed by atoms with van der Waals surface area (Å²) in [5.74, 6) is -0.0619. The van der Waals surface area contributed by atoms with E-state index in [9.17, 15) is 9.18 Å². The van der Waals surface area contributed by atoms with Gasteiger partial charge in [0.15, 0.2) is 0 Å². The average Bonchev–Trinajstić information content (AvgIpc) is 3.05. The maximum Gasteiger partial charge on any atom is 0.233 e. The van der Waals surface area contributed by atoms with Gasteiger partial charge in [0.1, 0.15) is 5.82 Å². The zero-order valence-corrected chi connectivity index (χ0v) is 12.4. The summed E-state index contributed by atoms with van der Waals surface area (Å²) in [6, 6.07) is 6.69. The third-order valence-corrected chi connectivity index (χ3v) is 4.46. The lowest BCUT2D eigenvalue weighted by Crippen LogP contribution is -2.44. The number of likely N-dealkylation sites (N-methyl/N-ethyl adjacent to an activating group) is 1. The Balaban J connectivity index is 0.00000147. The minimum absolute atomic E-state index is 0. The summed E-state index contributed by atoms with van der Waals surface area (Å²) in [6.07, 6.45) is 2.77. The van der Waals surface area contributed by atoms with Crippen LogP contribution in [-0.2, 0) is 10.2 Å². The van der Waals surface area contributed by atoms with Gasteiger partial charge in [0.05, 0.1) is 5.41 Å². The second-order valence-electron chi connectivity index (χ2n) is 5.65. The first-order valence-electron chi connectivity index (χ1n) is 6.87. The molecule has 1 aliphatic carbocycles. The SMILES string of the molecule is CN(C(=O)C1(c2ccc(F)cc2)CC1)C1CCNC1.Cl. The molecule has 1 aromatic rings. The zero-order valence-electron chi connectivity index (χ0n) is 11.6. The molecule has 5 heteroatoms. The third-order valence-electron chi connectivity index (χ3n) is 4.46. The van der Waals surface area contributed by atoms with Crippen molar-refractivity contribution in [1.29, 1.82) is 0 Å². The van der Waals surface area contributed by atoms with Gasteiger partial charge < -0.3 is 10.2 Å². The Morgan fingerprint density at radius 2 is 2.00 bits per heavy atom. The lowest BCUT2D eigenvalue weighted by atomic mass is 9.93. The molecule has 2 aliphatic rings. The number of nitrogens with zero attached hydrogens (tertiary/aromatic N) is 1. The van der Waals surface area contributed by atoms with E-state index in [1.165, 1.54) is 12.1 Å². The van der Waals surface area contributed by atoms with Crippen LogP contribution in [0.4, 0.5) is 4.39 Å². The fourth-order valence-electron chi connectivity index (χ4n) is 2.99. The Hall–Kier alpha value is -1.13. The van der Waals surface area contributed by atoms with Gasteiger partial charge in [-0.2, -0.15) is 0 Å². The normalized spacial score (nSPS) is 23.0. The van der Waals surface area contributed by atoms with Crippen molar-refractivity contribution in [3.63, 3.8) is 0 Å². The summed E-state index contributed by atoms with van der Waals surface area (Å²) < 4.78 is 13.0. The van der Waals surface area contributed by atoms with Gasteiger partial charge >= 0.3 is 0 Å². The number of amides is 1. The molecule has 1 aliphatic heterocycles. The summed E-state index contributed by atoms with van der Waals surface area (Å²) >= 11 is 0. The highest BCUT2D eigenvalue weighted by Crippen LogP contribution is 2.49. The van der Waals surface area contributed by atoms with Gasteiger partial charge in [-0.25, -0.2) is 4.39 Å². The second-order valence-corrected chi connectivity index (χ2v) is 5.65. The number of nitrogens with one attached hydrogen (secondary N) is 1. The molecule has 1 N–H and O–H groups in total. The van der Waals surface area contributed by atoms with Crippen LogP contribution in [-0.4, -0.2) is 37.0 Å². The summed E-state index contributed by atoms with van der Waals surface area (Å²) in [4.78, 5) is 14.6. The summed E-state index contributed by atoms with van der Waals surface area (Å²) in [5, 5.41) is 3.28. The molecular formula is C15H20ClFN2O. The molecule has 0 aromatic heterocycles. The number of hydrogen-bond donors (Lipinski definition) is 1. The van der Waals surface area contributed by atoms with Crippen LogP contribution < -0.4 is 5.32 Å². The Labute approximate surface area is 124 Å². The highest BCUT2D eigenvalue weighted by Gasteiger charge is 2.53. The second kappa shape index (κ2) is 5.70. The fourth-order valence-corrected chi connectivity index (χ4v) is 2.99. The lowest BCUT2D eigenvalue weighted by molar-refractivity contribution is -0.134. The zero-order chi connectivity index (χ0) is 13.5. The lowest BCUT2D eigenvalue weighted by Gasteiger charge is -2.28. The van der Waals surface area contributed by atoms with Crippen LogP contribution in [0.3, 0.4) is 0 Å². The predicted molar refractivity (Wildman–Crippen MR) is 78.6 cm³/mol. The van der Waals surface area contributed by atoms with Gasteiger partial charge in [-0.3, -0.25) is 4.79 Å². The van der Waals surface area contributed by atoms with E-state index in [1.54, 1.807) is 12.1 Å². The predicted octanol–water partition coefficient (Wildman–Crippen LogP) is 2.10. The van der Waals surface area contributed by atoms with E-state index in [0.717, 1.165) is 37.9 Å². The molecule has 110 valence electrons. The molecule has 1 aromatic carbocycles. The summed E-state index contributed by atoms with van der Waals surface area (Å²) in [7, 11) is 1.89. The van der Waals surface area contributed by atoms with Crippen molar-refractivity contribution in [3.05, 3.63) is 35.6 Å². The van der Waals surface area contributed by atoms with Crippen LogP contribution in [0.25, 0.3) is 0 Å². The van der Waals surface area contributed by atoms with Crippen molar-refractivity contribution >= 4 is 18.3 Å². The standard InChI is InChI=1S/C15H19FN2O.ClH/c1-18(13-6-9-17-10-13)14(19)15(7-8-15)11-2-4-12(16)5-3-11;/h2-5,13,17H,6-10H2,1H3;1H. The van der Waals surface area contributed by atoms with Gasteiger partial charge in [0.25, 0.3) is 0 Å². The van der Waals surface area contributed by atoms with Crippen LogP contribution in [0.1, 0.15) is 24.8 Å². The van der Waals surface area contributed by atoms with Crippen molar-refractivity contribution in [2.75, 3.05) is 20.1 Å². The van der Waals surface area contributed by atoms with E-state index in [2.05, 4.69) is 5.32 Å². The molecule has 1 saturated carbocycles. The number of halogens is 2. The Kier molecular flexibility index (Phi) is 4.35. The molecular weight excluding hydrogens is 279 g/mol. The van der Waals surface area contributed by atoms with Crippen molar-refractivity contribution < 1.29 is 9.18 Å². The Bertz CT molecular complexity index is 481. The molecule has 0 spiro atoms. The van der Waals surface area contributed by atoms with E-state index < -0.39 is 0 Å². The highest BCUT2D eigenvalue weighted by molar-refractivity contribution is 5.91. The monoisotopic (exact) mass is 298 g/mol. The van der Waals surface area contributed by atoms with Crippen molar-refractivity contribution in [2.24, 2.45) is 0 Å². The summed E-state index contributed by atoms with van der Waals surface area (Å²) in [6.45, 7) is 1.85. The number of carbonyl (C=O) groups excluding carboxylic acids is 1. The smallest absolute Gasteiger partial charge is 0.233 e. The molecule has 0 bridgehead atoms. The first kappa shape index (κ1) is 15.3. The van der Waals surface area contributed by atoms with Crippen LogP contribution in [0.2, 0.25) is 0 Å². The Morgan fingerprint density at radius 1 is 1.35 bits per heavy atom. The quantitative estimate of drug-likeness (QED) is 0.927. The molecule has 2 fully saturated rings. The number of hydrogen-bond acceptors (Lipinski definition) is 2. The van der Waals surface area contributed by atoms with E-state index in [0.29, 0.717) is 6.04 Å². The molecule has 1 amide bonds. The maximum absolute atomic E-state index is 13.0. The van der Waals surface area contributed by atoms with Crippen LogP contribution in [0.15, 0.2) is 24.3 Å². The Morgan fingerprint density at radius 3 is 2.50 bits per heavy atom. The molecule has 3 rings (SSSR count). The summed E-state index contributed by atoms with van der Waals surface area (Å²) in [5.41, 5.74) is 0.571. The first-order chi connectivity index (χ1) is 9.13. The van der Waals surface area contributed by atoms with Crippen molar-refractivity contribution in [1.82, 2.24) is 10.2 Å². The highest BCUT2D eigenvalue weighted by atomic mass is 35.5. The number of benzene rings is 1. The van der Waals surface area contributed by atoms with Crippen LogP contribution >= 0.6 is 12.4 Å². The number of carbonyl (C=O) groups is 1. The topological polar surface area (TPSA) is 32.3 Å². The van der Waals surface area contributed by atoms with Gasteiger partial charge in [-0.1, -0.05) is 12.1 Å². The average molecular weight is 299 g/mol. The molecule has 1 saturated heterocycles. The largest absolute Gasteiger partial charge is 0.341 e. The van der Waals surface area contributed by atoms with Crippen LogP contribution in [0, 0.1) is 5.82 Å². The fraction of sp³-hybridized carbons (Fsp3) is 0.533. The van der Waals surface area contributed by atoms with Crippen molar-refractivity contribution in [2.45, 2.75) is 30.7 Å². The minimum atomic E-state index is -0.384. The molecule has 1 unspecified atom stereocenters. The van der Waals surface area contributed by atoms with Crippen molar-refractivity contribution in [3.8, 4) is 0 Å². The first-order valence-corrected chi connectivity index (χ1v) is 6.87. The third kappa shape index (κ3) is 2.54. The molecule has 3 nitrogen and oxygen atoms in total. The minimum Gasteiger partial charge on any atom is -0.341 e. The maximum atomic E-state index is 13.0. The van der Waals surface area contributed by atoms with E-state index in [4.69, 9.17) is 0 Å². The van der Waals surface area contributed by atoms with E-state index in [1.807, 2.05) is 11.9 Å². The molecule has 0 radical (unpaired) electrons. The number of rotatable bonds is 3. The van der Waals surface area contributed by atoms with E-state index in [-0.39, 0.29) is 29.5 Å². The van der Waals surface area contributed by atoms with Gasteiger partial charge in [0.2, 0.25) is 5.91 Å². The van der Waals surface area contributed by atoms with E-state index >= 15 is 0 Å².